The molecule has 4 aromatic rings. The van der Waals surface area contributed by atoms with Crippen molar-refractivity contribution in [3.05, 3.63) is 81.9 Å². The van der Waals surface area contributed by atoms with Crippen molar-refractivity contribution < 1.29 is 14.3 Å². The zero-order valence-corrected chi connectivity index (χ0v) is 17.2. The molecule has 0 unspecified atom stereocenters. The van der Waals surface area contributed by atoms with Gasteiger partial charge in [-0.2, -0.15) is 5.10 Å². The van der Waals surface area contributed by atoms with Crippen molar-refractivity contribution in [1.29, 1.82) is 0 Å². The van der Waals surface area contributed by atoms with Gasteiger partial charge in [0.15, 0.2) is 12.4 Å². The SMILES string of the molecule is Cc1ccc(C(=O)COC(=O)c2cc3c(C)nn(-c4ccccc4)c3s2)cc1C. The molecule has 0 fully saturated rings. The fourth-order valence-electron chi connectivity index (χ4n) is 3.09. The molecule has 6 heteroatoms. The van der Waals surface area contributed by atoms with Crippen LogP contribution in [0.25, 0.3) is 15.9 Å². The molecule has 2 aromatic heterocycles. The number of carbonyl (C=O) groups is 2. The second-order valence-electron chi connectivity index (χ2n) is 6.96. The third-order valence-corrected chi connectivity index (χ3v) is 6.00. The minimum Gasteiger partial charge on any atom is -0.453 e. The van der Waals surface area contributed by atoms with Crippen molar-refractivity contribution >= 4 is 33.3 Å². The quantitative estimate of drug-likeness (QED) is 0.345. The Morgan fingerprint density at radius 2 is 1.76 bits per heavy atom. The molecule has 0 atom stereocenters. The van der Waals surface area contributed by atoms with Crippen LogP contribution in [-0.4, -0.2) is 28.1 Å². The summed E-state index contributed by atoms with van der Waals surface area (Å²) < 4.78 is 7.12. The van der Waals surface area contributed by atoms with E-state index in [9.17, 15) is 9.59 Å². The highest BCUT2D eigenvalue weighted by Crippen LogP contribution is 2.30. The fraction of sp³-hybridized carbons (Fsp3) is 0.174. The van der Waals surface area contributed by atoms with E-state index in [1.165, 1.54) is 11.3 Å². The third kappa shape index (κ3) is 3.71. The Morgan fingerprint density at radius 3 is 2.48 bits per heavy atom. The Morgan fingerprint density at radius 1 is 1.00 bits per heavy atom. The lowest BCUT2D eigenvalue weighted by atomic mass is 10.0. The average molecular weight is 404 g/mol. The van der Waals surface area contributed by atoms with Crippen LogP contribution in [0.3, 0.4) is 0 Å². The summed E-state index contributed by atoms with van der Waals surface area (Å²) in [6, 6.07) is 17.0. The van der Waals surface area contributed by atoms with Gasteiger partial charge >= 0.3 is 5.97 Å². The van der Waals surface area contributed by atoms with E-state index in [4.69, 9.17) is 4.74 Å². The number of fused-ring (bicyclic) bond motifs is 1. The molecule has 0 aliphatic rings. The smallest absolute Gasteiger partial charge is 0.348 e. The Kier molecular flexibility index (Phi) is 5.03. The van der Waals surface area contributed by atoms with Crippen molar-refractivity contribution in [1.82, 2.24) is 9.78 Å². The first kappa shape index (κ1) is 19.1. The Balaban J connectivity index is 1.53. The second kappa shape index (κ2) is 7.64. The van der Waals surface area contributed by atoms with Gasteiger partial charge < -0.3 is 4.74 Å². The molecule has 5 nitrogen and oxygen atoms in total. The average Bonchev–Trinajstić information content (AvgIpc) is 3.29. The van der Waals surface area contributed by atoms with Gasteiger partial charge in [-0.05, 0) is 56.2 Å². The van der Waals surface area contributed by atoms with E-state index >= 15 is 0 Å². The van der Waals surface area contributed by atoms with Gasteiger partial charge in [0.2, 0.25) is 0 Å². The number of aromatic nitrogens is 2. The zero-order valence-electron chi connectivity index (χ0n) is 16.4. The monoisotopic (exact) mass is 404 g/mol. The fourth-order valence-corrected chi connectivity index (χ4v) is 4.17. The predicted molar refractivity (Wildman–Crippen MR) is 114 cm³/mol. The number of thiophene rings is 1. The number of ether oxygens (including phenoxy) is 1. The number of Topliss-reactive ketones (excluding diaryl/α,β-unsaturated/α-hetero) is 1. The predicted octanol–water partition coefficient (Wildman–Crippen LogP) is 5.05. The third-order valence-electron chi connectivity index (χ3n) is 4.91. The first-order valence-electron chi connectivity index (χ1n) is 9.26. The first-order chi connectivity index (χ1) is 13.9. The molecule has 0 aliphatic heterocycles. The summed E-state index contributed by atoms with van der Waals surface area (Å²) in [5.41, 5.74) is 4.47. The number of carbonyl (C=O) groups excluding carboxylic acids is 2. The van der Waals surface area contributed by atoms with Crippen LogP contribution in [-0.2, 0) is 4.74 Å². The molecule has 0 bridgehead atoms. The molecule has 0 radical (unpaired) electrons. The molecule has 2 aromatic carbocycles. The van der Waals surface area contributed by atoms with Gasteiger partial charge in [0, 0.05) is 10.9 Å². The zero-order chi connectivity index (χ0) is 20.5. The maximum absolute atomic E-state index is 12.5. The highest BCUT2D eigenvalue weighted by molar-refractivity contribution is 7.20. The summed E-state index contributed by atoms with van der Waals surface area (Å²) in [7, 11) is 0. The number of hydrogen-bond donors (Lipinski definition) is 0. The van der Waals surface area contributed by atoms with Gasteiger partial charge in [0.1, 0.15) is 9.71 Å². The number of esters is 1. The minimum atomic E-state index is -0.498. The van der Waals surface area contributed by atoms with Gasteiger partial charge in [-0.15, -0.1) is 11.3 Å². The van der Waals surface area contributed by atoms with Crippen LogP contribution < -0.4 is 0 Å². The highest BCUT2D eigenvalue weighted by Gasteiger charge is 2.19. The molecule has 0 spiro atoms. The number of para-hydroxylation sites is 1. The van der Waals surface area contributed by atoms with Gasteiger partial charge in [-0.3, -0.25) is 4.79 Å². The van der Waals surface area contributed by atoms with Crippen molar-refractivity contribution in [3.8, 4) is 5.69 Å². The number of rotatable bonds is 5. The Hall–Kier alpha value is -3.25. The first-order valence-corrected chi connectivity index (χ1v) is 10.1. The standard InChI is InChI=1S/C23H20N2O3S/c1-14-9-10-17(11-15(14)2)20(26)13-28-23(27)21-12-19-16(3)24-25(22(19)29-21)18-7-5-4-6-8-18/h4-12H,13H2,1-3H3. The summed E-state index contributed by atoms with van der Waals surface area (Å²) in [6.07, 6.45) is 0. The van der Waals surface area contributed by atoms with Crippen molar-refractivity contribution in [2.24, 2.45) is 0 Å². The Labute approximate surface area is 172 Å². The molecule has 0 amide bonds. The number of hydrogen-bond acceptors (Lipinski definition) is 5. The van der Waals surface area contributed by atoms with E-state index in [0.29, 0.717) is 10.4 Å². The maximum atomic E-state index is 12.5. The maximum Gasteiger partial charge on any atom is 0.348 e. The molecular weight excluding hydrogens is 384 g/mol. The number of nitrogens with zero attached hydrogens (tertiary/aromatic N) is 2. The number of ketones is 1. The summed E-state index contributed by atoms with van der Waals surface area (Å²) in [5, 5.41) is 5.48. The summed E-state index contributed by atoms with van der Waals surface area (Å²) in [5.74, 6) is -0.711. The topological polar surface area (TPSA) is 61.2 Å². The largest absolute Gasteiger partial charge is 0.453 e. The van der Waals surface area contributed by atoms with Crippen molar-refractivity contribution in [2.45, 2.75) is 20.8 Å². The molecule has 0 saturated heterocycles. The van der Waals surface area contributed by atoms with Crippen LogP contribution >= 0.6 is 11.3 Å². The van der Waals surface area contributed by atoms with Gasteiger partial charge in [-0.25, -0.2) is 9.48 Å². The summed E-state index contributed by atoms with van der Waals surface area (Å²) in [4.78, 5) is 26.2. The van der Waals surface area contributed by atoms with Crippen LogP contribution in [0.1, 0.15) is 36.9 Å². The van der Waals surface area contributed by atoms with Gasteiger partial charge in [0.25, 0.3) is 0 Å². The lowest BCUT2D eigenvalue weighted by molar-refractivity contribution is 0.0479. The normalized spacial score (nSPS) is 11.0. The lowest BCUT2D eigenvalue weighted by Crippen LogP contribution is -2.13. The van der Waals surface area contributed by atoms with Crippen LogP contribution in [0.15, 0.2) is 54.6 Å². The van der Waals surface area contributed by atoms with E-state index in [0.717, 1.165) is 32.7 Å². The van der Waals surface area contributed by atoms with Gasteiger partial charge in [0.05, 0.1) is 11.4 Å². The Bertz CT molecular complexity index is 1220. The van der Waals surface area contributed by atoms with E-state index in [1.807, 2.05) is 67.9 Å². The highest BCUT2D eigenvalue weighted by atomic mass is 32.1. The molecule has 0 N–H and O–H groups in total. The lowest BCUT2D eigenvalue weighted by Gasteiger charge is -2.05. The molecule has 4 rings (SSSR count). The van der Waals surface area contributed by atoms with Crippen molar-refractivity contribution in [3.63, 3.8) is 0 Å². The second-order valence-corrected chi connectivity index (χ2v) is 7.99. The van der Waals surface area contributed by atoms with Crippen LogP contribution in [0, 0.1) is 20.8 Å². The summed E-state index contributed by atoms with van der Waals surface area (Å²) >= 11 is 1.31. The molecule has 146 valence electrons. The van der Waals surface area contributed by atoms with Crippen LogP contribution in [0.2, 0.25) is 0 Å². The molecule has 29 heavy (non-hydrogen) atoms. The number of aryl methyl sites for hydroxylation is 3. The van der Waals surface area contributed by atoms with E-state index < -0.39 is 5.97 Å². The molecule has 0 saturated carbocycles. The molecule has 0 aliphatic carbocycles. The van der Waals surface area contributed by atoms with Crippen LogP contribution in [0.4, 0.5) is 0 Å². The molecular formula is C23H20N2O3S. The minimum absolute atomic E-state index is 0.214. The van der Waals surface area contributed by atoms with E-state index in [2.05, 4.69) is 5.10 Å². The van der Waals surface area contributed by atoms with Gasteiger partial charge in [-0.1, -0.05) is 30.3 Å². The van der Waals surface area contributed by atoms with E-state index in [1.54, 1.807) is 12.1 Å². The summed E-state index contributed by atoms with van der Waals surface area (Å²) in [6.45, 7) is 5.57. The van der Waals surface area contributed by atoms with E-state index in [-0.39, 0.29) is 12.4 Å². The van der Waals surface area contributed by atoms with Crippen molar-refractivity contribution in [2.75, 3.05) is 6.61 Å². The molecule has 2 heterocycles. The van der Waals surface area contributed by atoms with Crippen LogP contribution in [0.5, 0.6) is 0 Å². The number of benzene rings is 2.